The van der Waals surface area contributed by atoms with Crippen LogP contribution in [0.15, 0.2) is 29.2 Å². The summed E-state index contributed by atoms with van der Waals surface area (Å²) in [4.78, 5) is 25.7. The van der Waals surface area contributed by atoms with E-state index in [1.54, 1.807) is 17.0 Å². The Morgan fingerprint density at radius 2 is 2.05 bits per heavy atom. The van der Waals surface area contributed by atoms with Crippen LogP contribution in [0.2, 0.25) is 0 Å². The van der Waals surface area contributed by atoms with Gasteiger partial charge in [0, 0.05) is 31.0 Å². The van der Waals surface area contributed by atoms with Crippen LogP contribution in [0.1, 0.15) is 6.42 Å². The Bertz CT molecular complexity index is 464. The van der Waals surface area contributed by atoms with Crippen LogP contribution in [-0.4, -0.2) is 42.1 Å². The molecular weight excluding hydrogens is 267 g/mol. The molecule has 102 valence electrons. The molecule has 2 rings (SSSR count). The molecule has 0 radical (unpaired) electrons. The van der Waals surface area contributed by atoms with Crippen molar-refractivity contribution in [3.8, 4) is 0 Å². The van der Waals surface area contributed by atoms with E-state index >= 15 is 0 Å². The fourth-order valence-electron chi connectivity index (χ4n) is 1.78. The summed E-state index contributed by atoms with van der Waals surface area (Å²) in [6.45, 7) is 1.52. The molecule has 0 unspecified atom stereocenters. The standard InChI is InChI=1S/C13H15FN2O2S/c14-10-1-3-11(4-2-10)19-9-13(18)16-7-5-12(17)15-6-8-16/h1-4H,5-9H2,(H,15,17). The number of thioether (sulfide) groups is 1. The maximum atomic E-state index is 12.7. The van der Waals surface area contributed by atoms with Crippen molar-refractivity contribution in [2.45, 2.75) is 11.3 Å². The minimum absolute atomic E-state index is 0.00539. The van der Waals surface area contributed by atoms with E-state index in [2.05, 4.69) is 5.32 Å². The molecule has 2 amide bonds. The largest absolute Gasteiger partial charge is 0.354 e. The monoisotopic (exact) mass is 282 g/mol. The van der Waals surface area contributed by atoms with Crippen LogP contribution < -0.4 is 5.32 Å². The first-order valence-electron chi connectivity index (χ1n) is 6.08. The van der Waals surface area contributed by atoms with Crippen LogP contribution in [0.25, 0.3) is 0 Å². The quantitative estimate of drug-likeness (QED) is 0.849. The van der Waals surface area contributed by atoms with Crippen LogP contribution in [-0.2, 0) is 9.59 Å². The maximum absolute atomic E-state index is 12.7. The minimum atomic E-state index is -0.284. The van der Waals surface area contributed by atoms with E-state index in [1.807, 2.05) is 0 Å². The molecule has 1 heterocycles. The summed E-state index contributed by atoms with van der Waals surface area (Å²) in [7, 11) is 0. The number of halogens is 1. The lowest BCUT2D eigenvalue weighted by molar-refractivity contribution is -0.128. The topological polar surface area (TPSA) is 49.4 Å². The Balaban J connectivity index is 1.83. The number of carbonyl (C=O) groups excluding carboxylic acids is 2. The van der Waals surface area contributed by atoms with Crippen LogP contribution >= 0.6 is 11.8 Å². The summed E-state index contributed by atoms with van der Waals surface area (Å²) >= 11 is 1.38. The third-order valence-electron chi connectivity index (χ3n) is 2.84. The summed E-state index contributed by atoms with van der Waals surface area (Å²) < 4.78 is 12.7. The van der Waals surface area contributed by atoms with Gasteiger partial charge in [0.25, 0.3) is 0 Å². The molecular formula is C13H15FN2O2S. The summed E-state index contributed by atoms with van der Waals surface area (Å²) in [6, 6.07) is 6.06. The van der Waals surface area contributed by atoms with E-state index in [4.69, 9.17) is 0 Å². The number of hydrogen-bond acceptors (Lipinski definition) is 3. The highest BCUT2D eigenvalue weighted by Crippen LogP contribution is 2.18. The Kier molecular flexibility index (Phi) is 4.79. The number of carbonyl (C=O) groups is 2. The number of hydrogen-bond donors (Lipinski definition) is 1. The lowest BCUT2D eigenvalue weighted by Gasteiger charge is -2.19. The van der Waals surface area contributed by atoms with Crippen molar-refractivity contribution in [3.05, 3.63) is 30.1 Å². The fourth-order valence-corrected chi connectivity index (χ4v) is 2.58. The number of rotatable bonds is 3. The van der Waals surface area contributed by atoms with Gasteiger partial charge in [-0.3, -0.25) is 9.59 Å². The van der Waals surface area contributed by atoms with Gasteiger partial charge in [0.05, 0.1) is 5.75 Å². The highest BCUT2D eigenvalue weighted by molar-refractivity contribution is 8.00. The smallest absolute Gasteiger partial charge is 0.233 e. The second-order valence-electron chi connectivity index (χ2n) is 4.22. The van der Waals surface area contributed by atoms with Gasteiger partial charge in [-0.25, -0.2) is 4.39 Å². The third kappa shape index (κ3) is 4.24. The van der Waals surface area contributed by atoms with E-state index < -0.39 is 0 Å². The molecule has 1 aliphatic heterocycles. The number of nitrogens with zero attached hydrogens (tertiary/aromatic N) is 1. The van der Waals surface area contributed by atoms with Crippen molar-refractivity contribution in [3.63, 3.8) is 0 Å². The molecule has 1 N–H and O–H groups in total. The normalized spacial score (nSPS) is 15.8. The van der Waals surface area contributed by atoms with Crippen molar-refractivity contribution < 1.29 is 14.0 Å². The molecule has 0 spiro atoms. The molecule has 1 aliphatic rings. The molecule has 0 atom stereocenters. The van der Waals surface area contributed by atoms with Crippen LogP contribution in [0.3, 0.4) is 0 Å². The van der Waals surface area contributed by atoms with Crippen molar-refractivity contribution >= 4 is 23.6 Å². The first-order chi connectivity index (χ1) is 9.15. The average Bonchev–Trinajstić information content (AvgIpc) is 2.63. The Morgan fingerprint density at radius 3 is 2.79 bits per heavy atom. The van der Waals surface area contributed by atoms with Gasteiger partial charge in [0.2, 0.25) is 11.8 Å². The SMILES string of the molecule is O=C1CCN(C(=O)CSc2ccc(F)cc2)CCN1. The van der Waals surface area contributed by atoms with Gasteiger partial charge in [-0.05, 0) is 24.3 Å². The first kappa shape index (κ1) is 13.9. The zero-order valence-electron chi connectivity index (χ0n) is 10.4. The van der Waals surface area contributed by atoms with Crippen molar-refractivity contribution in [1.82, 2.24) is 10.2 Å². The molecule has 1 aromatic carbocycles. The predicted octanol–water partition coefficient (Wildman–Crippen LogP) is 1.27. The van der Waals surface area contributed by atoms with Crippen LogP contribution in [0.5, 0.6) is 0 Å². The van der Waals surface area contributed by atoms with Crippen LogP contribution in [0.4, 0.5) is 4.39 Å². The second kappa shape index (κ2) is 6.56. The fraction of sp³-hybridized carbons (Fsp3) is 0.385. The van der Waals surface area contributed by atoms with E-state index in [0.717, 1.165) is 4.90 Å². The molecule has 0 aromatic heterocycles. The molecule has 6 heteroatoms. The molecule has 19 heavy (non-hydrogen) atoms. The molecule has 0 bridgehead atoms. The van der Waals surface area contributed by atoms with Gasteiger partial charge in [-0.15, -0.1) is 11.8 Å². The van der Waals surface area contributed by atoms with E-state index in [9.17, 15) is 14.0 Å². The van der Waals surface area contributed by atoms with Crippen LogP contribution in [0, 0.1) is 5.82 Å². The number of benzene rings is 1. The zero-order chi connectivity index (χ0) is 13.7. The van der Waals surface area contributed by atoms with E-state index in [-0.39, 0.29) is 17.6 Å². The maximum Gasteiger partial charge on any atom is 0.233 e. The highest BCUT2D eigenvalue weighted by Gasteiger charge is 2.18. The van der Waals surface area contributed by atoms with Gasteiger partial charge in [-0.2, -0.15) is 0 Å². The zero-order valence-corrected chi connectivity index (χ0v) is 11.2. The number of amides is 2. The summed E-state index contributed by atoms with van der Waals surface area (Å²) in [5.41, 5.74) is 0. The van der Waals surface area contributed by atoms with Crippen molar-refractivity contribution in [2.75, 3.05) is 25.4 Å². The molecule has 0 saturated carbocycles. The van der Waals surface area contributed by atoms with E-state index in [1.165, 1.54) is 23.9 Å². The molecule has 1 saturated heterocycles. The Labute approximate surface area is 115 Å². The van der Waals surface area contributed by atoms with Gasteiger partial charge in [-0.1, -0.05) is 0 Å². The second-order valence-corrected chi connectivity index (χ2v) is 5.27. The summed E-state index contributed by atoms with van der Waals surface area (Å²) in [6.07, 6.45) is 0.354. The molecule has 1 aromatic rings. The highest BCUT2D eigenvalue weighted by atomic mass is 32.2. The van der Waals surface area contributed by atoms with Crippen molar-refractivity contribution in [1.29, 1.82) is 0 Å². The predicted molar refractivity (Wildman–Crippen MR) is 71.3 cm³/mol. The van der Waals surface area contributed by atoms with Crippen molar-refractivity contribution in [2.24, 2.45) is 0 Å². The Morgan fingerprint density at radius 1 is 1.32 bits per heavy atom. The van der Waals surface area contributed by atoms with E-state index in [0.29, 0.717) is 31.8 Å². The molecule has 4 nitrogen and oxygen atoms in total. The minimum Gasteiger partial charge on any atom is -0.354 e. The van der Waals surface area contributed by atoms with Gasteiger partial charge in [0.15, 0.2) is 0 Å². The van der Waals surface area contributed by atoms with Gasteiger partial charge >= 0.3 is 0 Å². The average molecular weight is 282 g/mol. The summed E-state index contributed by atoms with van der Waals surface area (Å²) in [5.74, 6) is 0.0138. The Hall–Kier alpha value is -1.56. The first-order valence-corrected chi connectivity index (χ1v) is 7.06. The molecule has 1 fully saturated rings. The summed E-state index contributed by atoms with van der Waals surface area (Å²) in [5, 5.41) is 2.73. The number of nitrogens with one attached hydrogen (secondary N) is 1. The molecule has 0 aliphatic carbocycles. The lowest BCUT2D eigenvalue weighted by atomic mass is 10.3. The lowest BCUT2D eigenvalue weighted by Crippen LogP contribution is -2.35. The third-order valence-corrected chi connectivity index (χ3v) is 3.84. The van der Waals surface area contributed by atoms with Gasteiger partial charge < -0.3 is 10.2 Å². The van der Waals surface area contributed by atoms with Gasteiger partial charge in [0.1, 0.15) is 5.82 Å².